The molecule has 1 aromatic heterocycles. The van der Waals surface area contributed by atoms with Gasteiger partial charge < -0.3 is 0 Å². The number of H-pyrrole nitrogens is 1. The molecule has 2 aromatic rings. The van der Waals surface area contributed by atoms with Gasteiger partial charge in [0, 0.05) is 0 Å². The molecule has 1 heterocycles. The summed E-state index contributed by atoms with van der Waals surface area (Å²) in [5, 5.41) is 2.87. The van der Waals surface area contributed by atoms with Crippen LogP contribution in [0.5, 0.6) is 0 Å². The average Bonchev–Trinajstić information content (AvgIpc) is 2.57. The molecule has 0 atom stereocenters. The molecule has 0 aliphatic heterocycles. The fraction of sp³-hybridized carbons (Fsp3) is 0.182. The zero-order valence-corrected chi connectivity index (χ0v) is 10.2. The van der Waals surface area contributed by atoms with Crippen LogP contribution in [-0.2, 0) is 6.42 Å². The summed E-state index contributed by atoms with van der Waals surface area (Å²) >= 11 is 3.20. The number of benzene rings is 1. The van der Waals surface area contributed by atoms with Gasteiger partial charge in [0.15, 0.2) is 0 Å². The first kappa shape index (κ1) is 11.1. The molecule has 0 fully saturated rings. The minimum atomic E-state index is -0.430. The maximum absolute atomic E-state index is 13.5. The van der Waals surface area contributed by atoms with Gasteiger partial charge in [-0.3, -0.25) is 9.89 Å². The molecule has 2 rings (SSSR count). The lowest BCUT2D eigenvalue weighted by Gasteiger charge is -2.02. The summed E-state index contributed by atoms with van der Waals surface area (Å²) in [6, 6.07) is 6.15. The molecule has 0 saturated carbocycles. The average molecular weight is 285 g/mol. The summed E-state index contributed by atoms with van der Waals surface area (Å²) in [7, 11) is 0. The second kappa shape index (κ2) is 4.25. The lowest BCUT2D eigenvalue weighted by molar-refractivity contribution is 0.607. The smallest absolute Gasteiger partial charge is 0.285 e. The predicted octanol–water partition coefficient (Wildman–Crippen LogP) is 2.63. The Balaban J connectivity index is 2.66. The van der Waals surface area contributed by atoms with E-state index in [-0.39, 0.29) is 11.2 Å². The number of rotatable bonds is 2. The van der Waals surface area contributed by atoms with E-state index in [1.165, 1.54) is 10.7 Å². The Hall–Kier alpha value is -1.36. The number of para-hydroxylation sites is 1. The highest BCUT2D eigenvalue weighted by atomic mass is 79.9. The molecule has 0 spiro atoms. The van der Waals surface area contributed by atoms with Crippen molar-refractivity contribution in [3.63, 3.8) is 0 Å². The van der Waals surface area contributed by atoms with Crippen molar-refractivity contribution in [2.75, 3.05) is 0 Å². The van der Waals surface area contributed by atoms with E-state index in [1.807, 2.05) is 6.92 Å². The summed E-state index contributed by atoms with van der Waals surface area (Å²) in [6.45, 7) is 1.92. The van der Waals surface area contributed by atoms with Crippen molar-refractivity contribution in [3.05, 3.63) is 50.6 Å². The molecule has 0 saturated heterocycles. The second-order valence-electron chi connectivity index (χ2n) is 3.35. The summed E-state index contributed by atoms with van der Waals surface area (Å²) in [6.07, 6.45) is 0.678. The van der Waals surface area contributed by atoms with Gasteiger partial charge in [0.05, 0.1) is 5.69 Å². The molecule has 0 aliphatic rings. The van der Waals surface area contributed by atoms with Crippen LogP contribution in [0.25, 0.3) is 5.69 Å². The van der Waals surface area contributed by atoms with Gasteiger partial charge in [-0.15, -0.1) is 0 Å². The lowest BCUT2D eigenvalue weighted by atomic mass is 10.3. The normalized spacial score (nSPS) is 10.7. The molecule has 0 radical (unpaired) electrons. The summed E-state index contributed by atoms with van der Waals surface area (Å²) < 4.78 is 15.2. The van der Waals surface area contributed by atoms with Crippen molar-refractivity contribution in [1.82, 2.24) is 9.78 Å². The van der Waals surface area contributed by atoms with Gasteiger partial charge in [-0.05, 0) is 34.5 Å². The van der Waals surface area contributed by atoms with E-state index in [4.69, 9.17) is 0 Å². The second-order valence-corrected chi connectivity index (χ2v) is 4.14. The highest BCUT2D eigenvalue weighted by molar-refractivity contribution is 9.10. The van der Waals surface area contributed by atoms with Crippen LogP contribution >= 0.6 is 15.9 Å². The molecule has 0 bridgehead atoms. The molecule has 1 aromatic carbocycles. The zero-order chi connectivity index (χ0) is 11.7. The van der Waals surface area contributed by atoms with Crippen molar-refractivity contribution >= 4 is 15.9 Å². The van der Waals surface area contributed by atoms with Crippen LogP contribution in [0.3, 0.4) is 0 Å². The molecule has 84 valence electrons. The highest BCUT2D eigenvalue weighted by Gasteiger charge is 2.13. The number of aromatic amines is 1. The Labute approximate surface area is 100 Å². The van der Waals surface area contributed by atoms with Crippen molar-refractivity contribution in [1.29, 1.82) is 0 Å². The van der Waals surface area contributed by atoms with Crippen molar-refractivity contribution in [3.8, 4) is 5.69 Å². The zero-order valence-electron chi connectivity index (χ0n) is 8.63. The number of hydrogen-bond donors (Lipinski definition) is 1. The highest BCUT2D eigenvalue weighted by Crippen LogP contribution is 2.15. The van der Waals surface area contributed by atoms with Crippen molar-refractivity contribution < 1.29 is 4.39 Å². The SMILES string of the molecule is CCc1[nH]n(-c2ccccc2F)c(=O)c1Br. The van der Waals surface area contributed by atoms with Gasteiger partial charge in [0.25, 0.3) is 5.56 Å². The van der Waals surface area contributed by atoms with Crippen LogP contribution in [0.2, 0.25) is 0 Å². The van der Waals surface area contributed by atoms with E-state index in [9.17, 15) is 9.18 Å². The van der Waals surface area contributed by atoms with E-state index in [1.54, 1.807) is 18.2 Å². The third kappa shape index (κ3) is 1.71. The Kier molecular flexibility index (Phi) is 2.96. The number of aryl methyl sites for hydroxylation is 1. The van der Waals surface area contributed by atoms with E-state index >= 15 is 0 Å². The van der Waals surface area contributed by atoms with E-state index in [0.29, 0.717) is 10.9 Å². The van der Waals surface area contributed by atoms with Crippen molar-refractivity contribution in [2.45, 2.75) is 13.3 Å². The first-order valence-corrected chi connectivity index (χ1v) is 5.68. The molecular weight excluding hydrogens is 275 g/mol. The summed E-state index contributed by atoms with van der Waals surface area (Å²) in [5.74, 6) is -0.430. The molecule has 0 unspecified atom stereocenters. The van der Waals surface area contributed by atoms with Crippen LogP contribution in [0.15, 0.2) is 33.5 Å². The van der Waals surface area contributed by atoms with E-state index in [0.717, 1.165) is 5.69 Å². The van der Waals surface area contributed by atoms with Crippen LogP contribution in [0, 0.1) is 5.82 Å². The van der Waals surface area contributed by atoms with E-state index in [2.05, 4.69) is 21.0 Å². The summed E-state index contributed by atoms with van der Waals surface area (Å²) in [4.78, 5) is 11.8. The molecule has 1 N–H and O–H groups in total. The number of nitrogens with one attached hydrogen (secondary N) is 1. The lowest BCUT2D eigenvalue weighted by Crippen LogP contribution is -2.15. The minimum Gasteiger partial charge on any atom is -0.294 e. The maximum Gasteiger partial charge on any atom is 0.285 e. The molecule has 3 nitrogen and oxygen atoms in total. The maximum atomic E-state index is 13.5. The monoisotopic (exact) mass is 284 g/mol. The quantitative estimate of drug-likeness (QED) is 0.905. The molecular formula is C11H10BrFN2O. The van der Waals surface area contributed by atoms with Gasteiger partial charge in [-0.1, -0.05) is 19.1 Å². The van der Waals surface area contributed by atoms with Crippen LogP contribution in [0.1, 0.15) is 12.6 Å². The molecule has 5 heteroatoms. The number of halogens is 2. The molecule has 0 amide bonds. The van der Waals surface area contributed by atoms with Crippen molar-refractivity contribution in [2.24, 2.45) is 0 Å². The van der Waals surface area contributed by atoms with Gasteiger partial charge >= 0.3 is 0 Å². The fourth-order valence-electron chi connectivity index (χ4n) is 1.50. The van der Waals surface area contributed by atoms with Crippen LogP contribution in [0.4, 0.5) is 4.39 Å². The number of aromatic nitrogens is 2. The topological polar surface area (TPSA) is 37.8 Å². The predicted molar refractivity (Wildman–Crippen MR) is 63.4 cm³/mol. The Morgan fingerprint density at radius 3 is 2.69 bits per heavy atom. The van der Waals surface area contributed by atoms with Gasteiger partial charge in [-0.25, -0.2) is 9.07 Å². The molecule has 0 aliphatic carbocycles. The third-order valence-corrected chi connectivity index (χ3v) is 3.17. The fourth-order valence-corrected chi connectivity index (χ4v) is 2.05. The largest absolute Gasteiger partial charge is 0.294 e. The minimum absolute atomic E-state index is 0.230. The number of nitrogens with zero attached hydrogens (tertiary/aromatic N) is 1. The standard InChI is InChI=1S/C11H10BrFN2O/c1-2-8-10(12)11(16)15(14-8)9-6-4-3-5-7(9)13/h3-6,14H,2H2,1H3. The van der Waals surface area contributed by atoms with Crippen LogP contribution in [-0.4, -0.2) is 9.78 Å². The third-order valence-electron chi connectivity index (χ3n) is 2.35. The Morgan fingerprint density at radius 1 is 1.44 bits per heavy atom. The van der Waals surface area contributed by atoms with E-state index < -0.39 is 5.82 Å². The van der Waals surface area contributed by atoms with Gasteiger partial charge in [-0.2, -0.15) is 0 Å². The first-order valence-electron chi connectivity index (χ1n) is 4.89. The number of hydrogen-bond acceptors (Lipinski definition) is 1. The Morgan fingerprint density at radius 2 is 2.12 bits per heavy atom. The molecule has 16 heavy (non-hydrogen) atoms. The van der Waals surface area contributed by atoms with Gasteiger partial charge in [0.1, 0.15) is 16.0 Å². The Bertz CT molecular complexity index is 574. The van der Waals surface area contributed by atoms with Crippen LogP contribution < -0.4 is 5.56 Å². The first-order chi connectivity index (χ1) is 7.65. The summed E-state index contributed by atoms with van der Waals surface area (Å²) in [5.41, 5.74) is 0.711. The van der Waals surface area contributed by atoms with Gasteiger partial charge in [0.2, 0.25) is 0 Å².